The van der Waals surface area contributed by atoms with E-state index in [2.05, 4.69) is 45.0 Å². The summed E-state index contributed by atoms with van der Waals surface area (Å²) in [5, 5.41) is 11.5. The maximum absolute atomic E-state index is 12.3. The first-order chi connectivity index (χ1) is 10.3. The third-order valence-corrected chi connectivity index (χ3v) is 7.40. The van der Waals surface area contributed by atoms with Crippen LogP contribution >= 0.6 is 0 Å². The molecule has 2 bridgehead atoms. The van der Waals surface area contributed by atoms with Crippen molar-refractivity contribution in [2.45, 2.75) is 80.8 Å². The van der Waals surface area contributed by atoms with E-state index in [4.69, 9.17) is 0 Å². The fraction of sp³-hybridized carbons (Fsp3) is 0.684. The summed E-state index contributed by atoms with van der Waals surface area (Å²) in [5.74, 6) is 0. The summed E-state index contributed by atoms with van der Waals surface area (Å²) < 4.78 is 12.3. The van der Waals surface area contributed by atoms with Crippen LogP contribution in [0.5, 0.6) is 0 Å². The zero-order valence-corrected chi connectivity index (χ0v) is 14.8. The Balaban J connectivity index is 1.74. The van der Waals surface area contributed by atoms with Crippen LogP contribution in [0.1, 0.15) is 64.0 Å². The SMILES string of the molecule is CC(C)(C)c1ccc(CC2(O)CC3CCCC(C2)S3=O)cc1. The van der Waals surface area contributed by atoms with Gasteiger partial charge in [-0.1, -0.05) is 51.5 Å². The fourth-order valence-electron chi connectivity index (χ4n) is 4.02. The van der Waals surface area contributed by atoms with Crippen LogP contribution < -0.4 is 0 Å². The average molecular weight is 320 g/mol. The number of benzene rings is 1. The third-order valence-electron chi connectivity index (χ3n) is 5.28. The Morgan fingerprint density at radius 1 is 1.14 bits per heavy atom. The van der Waals surface area contributed by atoms with Crippen molar-refractivity contribution in [2.24, 2.45) is 0 Å². The van der Waals surface area contributed by atoms with Crippen molar-refractivity contribution in [3.8, 4) is 0 Å². The molecule has 2 aliphatic rings. The normalized spacial score (nSPS) is 35.4. The van der Waals surface area contributed by atoms with Gasteiger partial charge in [-0.15, -0.1) is 0 Å². The Bertz CT molecular complexity index is 540. The molecule has 122 valence electrons. The fourth-order valence-corrected chi connectivity index (χ4v) is 6.32. The molecule has 0 saturated carbocycles. The molecule has 0 amide bonds. The average Bonchev–Trinajstić information content (AvgIpc) is 2.40. The van der Waals surface area contributed by atoms with Crippen LogP contribution in [-0.4, -0.2) is 25.4 Å². The van der Waals surface area contributed by atoms with Crippen LogP contribution in [-0.2, 0) is 22.6 Å². The zero-order valence-electron chi connectivity index (χ0n) is 14.0. The van der Waals surface area contributed by atoms with Crippen LogP contribution in [0.4, 0.5) is 0 Å². The third kappa shape index (κ3) is 3.30. The van der Waals surface area contributed by atoms with Gasteiger partial charge in [-0.2, -0.15) is 0 Å². The van der Waals surface area contributed by atoms with Gasteiger partial charge in [0.25, 0.3) is 0 Å². The minimum atomic E-state index is -0.716. The highest BCUT2D eigenvalue weighted by molar-refractivity contribution is 7.86. The largest absolute Gasteiger partial charge is 0.389 e. The highest BCUT2D eigenvalue weighted by Gasteiger charge is 2.45. The zero-order chi connectivity index (χ0) is 16.0. The van der Waals surface area contributed by atoms with E-state index in [0.717, 1.165) is 12.8 Å². The van der Waals surface area contributed by atoms with Crippen LogP contribution in [0, 0.1) is 0 Å². The molecule has 0 spiro atoms. The Kier molecular flexibility index (Phi) is 4.24. The van der Waals surface area contributed by atoms with E-state index in [-0.39, 0.29) is 15.9 Å². The van der Waals surface area contributed by atoms with E-state index in [9.17, 15) is 9.32 Å². The summed E-state index contributed by atoms with van der Waals surface area (Å²) in [6.45, 7) is 6.65. The molecule has 1 N–H and O–H groups in total. The molecule has 2 aliphatic heterocycles. The number of hydrogen-bond acceptors (Lipinski definition) is 2. The van der Waals surface area contributed by atoms with E-state index in [1.165, 1.54) is 17.5 Å². The van der Waals surface area contributed by atoms with Gasteiger partial charge in [0.2, 0.25) is 0 Å². The van der Waals surface area contributed by atoms with Crippen molar-refractivity contribution in [3.63, 3.8) is 0 Å². The van der Waals surface area contributed by atoms with Crippen molar-refractivity contribution in [2.75, 3.05) is 0 Å². The molecule has 2 saturated heterocycles. The highest BCUT2D eigenvalue weighted by Crippen LogP contribution is 2.40. The highest BCUT2D eigenvalue weighted by atomic mass is 32.2. The molecule has 2 atom stereocenters. The van der Waals surface area contributed by atoms with Crippen molar-refractivity contribution < 1.29 is 9.32 Å². The smallest absolute Gasteiger partial charge is 0.0710 e. The van der Waals surface area contributed by atoms with Gasteiger partial charge in [0.15, 0.2) is 0 Å². The van der Waals surface area contributed by atoms with Crippen LogP contribution in [0.25, 0.3) is 0 Å². The molecule has 22 heavy (non-hydrogen) atoms. The molecule has 1 aromatic carbocycles. The summed E-state index contributed by atoms with van der Waals surface area (Å²) in [4.78, 5) is 0. The second-order valence-electron chi connectivity index (χ2n) is 8.26. The van der Waals surface area contributed by atoms with Crippen molar-refractivity contribution in [1.29, 1.82) is 0 Å². The topological polar surface area (TPSA) is 37.3 Å². The summed E-state index contributed by atoms with van der Waals surface area (Å²) in [5.41, 5.74) is 2.02. The van der Waals surface area contributed by atoms with Gasteiger partial charge in [-0.25, -0.2) is 0 Å². The summed E-state index contributed by atoms with van der Waals surface area (Å²) >= 11 is 0. The lowest BCUT2D eigenvalue weighted by Crippen LogP contribution is -2.50. The molecule has 0 radical (unpaired) electrons. The van der Waals surface area contributed by atoms with Crippen LogP contribution in [0.3, 0.4) is 0 Å². The first-order valence-corrected chi connectivity index (χ1v) is 9.76. The van der Waals surface area contributed by atoms with Crippen molar-refractivity contribution >= 4 is 10.8 Å². The Morgan fingerprint density at radius 2 is 1.68 bits per heavy atom. The molecule has 0 aromatic heterocycles. The second kappa shape index (κ2) is 5.76. The molecular weight excluding hydrogens is 292 g/mol. The maximum Gasteiger partial charge on any atom is 0.0710 e. The van der Waals surface area contributed by atoms with Gasteiger partial charge in [0.1, 0.15) is 0 Å². The minimum absolute atomic E-state index is 0.161. The molecule has 2 heterocycles. The van der Waals surface area contributed by atoms with E-state index < -0.39 is 16.4 Å². The van der Waals surface area contributed by atoms with Gasteiger partial charge < -0.3 is 5.11 Å². The number of hydrogen-bond donors (Lipinski definition) is 1. The predicted molar refractivity (Wildman–Crippen MR) is 92.6 cm³/mol. The van der Waals surface area contributed by atoms with E-state index in [1.54, 1.807) is 0 Å². The van der Waals surface area contributed by atoms with Crippen LogP contribution in [0.2, 0.25) is 0 Å². The Labute approximate surface area is 136 Å². The summed E-state index contributed by atoms with van der Waals surface area (Å²) in [6, 6.07) is 8.67. The lowest BCUT2D eigenvalue weighted by atomic mass is 9.80. The van der Waals surface area contributed by atoms with Gasteiger partial charge in [0, 0.05) is 27.7 Å². The van der Waals surface area contributed by atoms with Gasteiger partial charge >= 0.3 is 0 Å². The number of rotatable bonds is 2. The molecular formula is C19H28O2S. The summed E-state index contributed by atoms with van der Waals surface area (Å²) in [6.07, 6.45) is 5.33. The first-order valence-electron chi connectivity index (χ1n) is 8.48. The van der Waals surface area contributed by atoms with Crippen LogP contribution in [0.15, 0.2) is 24.3 Å². The molecule has 1 aromatic rings. The molecule has 2 fully saturated rings. The molecule has 3 rings (SSSR count). The maximum atomic E-state index is 12.3. The Morgan fingerprint density at radius 3 is 2.18 bits per heavy atom. The number of fused-ring (bicyclic) bond motifs is 2. The summed E-state index contributed by atoms with van der Waals surface area (Å²) in [7, 11) is -0.716. The van der Waals surface area contributed by atoms with Gasteiger partial charge in [-0.05, 0) is 42.2 Å². The predicted octanol–water partition coefficient (Wildman–Crippen LogP) is 3.72. The van der Waals surface area contributed by atoms with Crippen molar-refractivity contribution in [1.82, 2.24) is 0 Å². The second-order valence-corrected chi connectivity index (χ2v) is 10.3. The van der Waals surface area contributed by atoms with Crippen molar-refractivity contribution in [3.05, 3.63) is 35.4 Å². The number of aliphatic hydroxyl groups is 1. The van der Waals surface area contributed by atoms with Gasteiger partial charge in [0.05, 0.1) is 5.60 Å². The van der Waals surface area contributed by atoms with Gasteiger partial charge in [-0.3, -0.25) is 4.21 Å². The van der Waals surface area contributed by atoms with E-state index in [1.807, 2.05) is 0 Å². The first kappa shape index (κ1) is 16.2. The molecule has 3 heteroatoms. The monoisotopic (exact) mass is 320 g/mol. The minimum Gasteiger partial charge on any atom is -0.389 e. The van der Waals surface area contributed by atoms with E-state index in [0.29, 0.717) is 19.3 Å². The molecule has 0 aliphatic carbocycles. The lowest BCUT2D eigenvalue weighted by Gasteiger charge is -2.43. The lowest BCUT2D eigenvalue weighted by molar-refractivity contribution is 0.0114. The molecule has 2 unspecified atom stereocenters. The van der Waals surface area contributed by atoms with E-state index >= 15 is 0 Å². The quantitative estimate of drug-likeness (QED) is 0.902. The Hall–Kier alpha value is -0.670. The standard InChI is InChI=1S/C19H28O2S/c1-18(2,3)15-9-7-14(8-10-15)11-19(20)12-16-5-4-6-17(13-19)22(16)21/h7-10,16-17,20H,4-6,11-13H2,1-3H3. The molecule has 2 nitrogen and oxygen atoms in total.